The summed E-state index contributed by atoms with van der Waals surface area (Å²) in [6.45, 7) is -0.964. The Hall–Kier alpha value is -0.830. The van der Waals surface area contributed by atoms with Crippen LogP contribution in [0.5, 0.6) is 0 Å². The molecule has 136 valence electrons. The van der Waals surface area contributed by atoms with Gasteiger partial charge in [-0.05, 0) is 23.8 Å². The van der Waals surface area contributed by atoms with Gasteiger partial charge in [0.1, 0.15) is 6.79 Å². The van der Waals surface area contributed by atoms with Gasteiger partial charge in [-0.1, -0.05) is 35.3 Å². The molecule has 0 aliphatic heterocycles. The molecule has 0 radical (unpaired) electrons. The van der Waals surface area contributed by atoms with Crippen molar-refractivity contribution in [1.29, 1.82) is 0 Å². The maximum absolute atomic E-state index is 13.1. The fraction of sp³-hybridized carbons (Fsp3) is 0.467. The Morgan fingerprint density at radius 1 is 1.12 bits per heavy atom. The van der Waals surface area contributed by atoms with Crippen LogP contribution in [0, 0.1) is 0 Å². The molecule has 1 rings (SSSR count). The lowest BCUT2D eigenvalue weighted by Crippen LogP contribution is -2.47. The van der Waals surface area contributed by atoms with Crippen LogP contribution in [0.4, 0.5) is 13.2 Å². The van der Waals surface area contributed by atoms with E-state index in [2.05, 4.69) is 0 Å². The standard InChI is InChI=1S/C15H17Cl2F3O4/c1-22-6-7-23-10-24-9-14(21,15(18,19)20)5-4-11-2-3-12(16)13(17)8-11/h2-5,8,21H,6-7,9-10H2,1H3. The van der Waals surface area contributed by atoms with Gasteiger partial charge in [-0.25, -0.2) is 0 Å². The van der Waals surface area contributed by atoms with Crippen LogP contribution in [-0.4, -0.2) is 50.6 Å². The summed E-state index contributed by atoms with van der Waals surface area (Å²) in [6, 6.07) is 4.29. The first-order chi connectivity index (χ1) is 11.2. The quantitative estimate of drug-likeness (QED) is 0.514. The van der Waals surface area contributed by atoms with Crippen LogP contribution in [0.2, 0.25) is 10.0 Å². The average molecular weight is 389 g/mol. The summed E-state index contributed by atoms with van der Waals surface area (Å²) in [5.74, 6) is 0. The minimum Gasteiger partial charge on any atom is -0.382 e. The molecule has 0 amide bonds. The number of alkyl halides is 3. The SMILES string of the molecule is COCCOCOCC(O)(C=Cc1ccc(Cl)c(Cl)c1)C(F)(F)F. The van der Waals surface area contributed by atoms with Crippen LogP contribution in [0.3, 0.4) is 0 Å². The highest BCUT2D eigenvalue weighted by atomic mass is 35.5. The monoisotopic (exact) mass is 388 g/mol. The maximum atomic E-state index is 13.1. The molecule has 0 spiro atoms. The third-order valence-electron chi connectivity index (χ3n) is 2.91. The minimum absolute atomic E-state index is 0.167. The lowest BCUT2D eigenvalue weighted by Gasteiger charge is -2.27. The number of hydrogen-bond donors (Lipinski definition) is 1. The van der Waals surface area contributed by atoms with Crippen molar-refractivity contribution in [2.24, 2.45) is 0 Å². The second kappa shape index (κ2) is 9.60. The number of hydrogen-bond acceptors (Lipinski definition) is 4. The first-order valence-electron chi connectivity index (χ1n) is 6.77. The van der Waals surface area contributed by atoms with E-state index in [1.165, 1.54) is 25.3 Å². The van der Waals surface area contributed by atoms with Crippen molar-refractivity contribution >= 4 is 29.3 Å². The van der Waals surface area contributed by atoms with E-state index in [9.17, 15) is 18.3 Å². The van der Waals surface area contributed by atoms with Gasteiger partial charge < -0.3 is 19.3 Å². The van der Waals surface area contributed by atoms with E-state index in [1.54, 1.807) is 0 Å². The fourth-order valence-corrected chi connectivity index (χ4v) is 1.84. The summed E-state index contributed by atoms with van der Waals surface area (Å²) < 4.78 is 53.6. The van der Waals surface area contributed by atoms with E-state index in [4.69, 9.17) is 37.4 Å². The van der Waals surface area contributed by atoms with E-state index in [1.807, 2.05) is 0 Å². The van der Waals surface area contributed by atoms with Gasteiger partial charge >= 0.3 is 6.18 Å². The zero-order valence-corrected chi connectivity index (χ0v) is 14.3. The number of halogens is 5. The molecule has 4 nitrogen and oxygen atoms in total. The van der Waals surface area contributed by atoms with Crippen molar-refractivity contribution in [2.75, 3.05) is 33.7 Å². The number of methoxy groups -OCH3 is 1. The molecule has 0 aliphatic carbocycles. The average Bonchev–Trinajstić information content (AvgIpc) is 2.51. The second-order valence-corrected chi connectivity index (χ2v) is 5.61. The van der Waals surface area contributed by atoms with Crippen LogP contribution in [0.25, 0.3) is 6.08 Å². The molecular weight excluding hydrogens is 372 g/mol. The molecule has 0 fully saturated rings. The molecule has 0 aliphatic rings. The Morgan fingerprint density at radius 3 is 2.42 bits per heavy atom. The molecule has 0 bridgehead atoms. The lowest BCUT2D eigenvalue weighted by molar-refractivity contribution is -0.260. The van der Waals surface area contributed by atoms with Crippen LogP contribution in [0.1, 0.15) is 5.56 Å². The summed E-state index contributed by atoms with van der Waals surface area (Å²) in [7, 11) is 1.46. The van der Waals surface area contributed by atoms with Gasteiger partial charge in [-0.15, -0.1) is 0 Å². The maximum Gasteiger partial charge on any atom is 0.423 e. The molecule has 0 aromatic heterocycles. The molecule has 1 N–H and O–H groups in total. The van der Waals surface area contributed by atoms with E-state index in [-0.39, 0.29) is 23.3 Å². The molecule has 1 aromatic rings. The summed E-state index contributed by atoms with van der Waals surface area (Å²) >= 11 is 11.5. The van der Waals surface area contributed by atoms with Crippen molar-refractivity contribution in [3.63, 3.8) is 0 Å². The van der Waals surface area contributed by atoms with Crippen molar-refractivity contribution in [3.05, 3.63) is 39.9 Å². The summed E-state index contributed by atoms with van der Waals surface area (Å²) in [6.07, 6.45) is -3.24. The van der Waals surface area contributed by atoms with Gasteiger partial charge in [0.25, 0.3) is 0 Å². The van der Waals surface area contributed by atoms with Gasteiger partial charge in [0.2, 0.25) is 5.60 Å². The summed E-state index contributed by atoms with van der Waals surface area (Å²) in [5, 5.41) is 10.3. The third-order valence-corrected chi connectivity index (χ3v) is 3.65. The van der Waals surface area contributed by atoms with Gasteiger partial charge in [0.15, 0.2) is 0 Å². The third kappa shape index (κ3) is 6.58. The Bertz CT molecular complexity index is 552. The topological polar surface area (TPSA) is 47.9 Å². The predicted molar refractivity (Wildman–Crippen MR) is 85.1 cm³/mol. The second-order valence-electron chi connectivity index (χ2n) is 4.80. The molecular formula is C15H17Cl2F3O4. The Morgan fingerprint density at radius 2 is 1.83 bits per heavy atom. The lowest BCUT2D eigenvalue weighted by atomic mass is 10.0. The molecule has 0 saturated heterocycles. The van der Waals surface area contributed by atoms with E-state index in [0.717, 1.165) is 6.08 Å². The van der Waals surface area contributed by atoms with Crippen LogP contribution in [0.15, 0.2) is 24.3 Å². The van der Waals surface area contributed by atoms with E-state index < -0.39 is 25.2 Å². The first-order valence-corrected chi connectivity index (χ1v) is 7.53. The molecule has 1 aromatic carbocycles. The first kappa shape index (κ1) is 21.2. The van der Waals surface area contributed by atoms with Crippen molar-refractivity contribution in [1.82, 2.24) is 0 Å². The Balaban J connectivity index is 2.73. The fourth-order valence-electron chi connectivity index (χ4n) is 1.53. The smallest absolute Gasteiger partial charge is 0.382 e. The molecule has 0 heterocycles. The molecule has 1 unspecified atom stereocenters. The number of ether oxygens (including phenoxy) is 3. The van der Waals surface area contributed by atoms with Crippen molar-refractivity contribution in [3.8, 4) is 0 Å². The van der Waals surface area contributed by atoms with Crippen LogP contribution < -0.4 is 0 Å². The van der Waals surface area contributed by atoms with Crippen LogP contribution >= 0.6 is 23.2 Å². The molecule has 0 saturated carbocycles. The van der Waals surface area contributed by atoms with Gasteiger partial charge in [0.05, 0.1) is 29.9 Å². The summed E-state index contributed by atoms with van der Waals surface area (Å²) in [5.41, 5.74) is -2.81. The number of rotatable bonds is 9. The zero-order chi connectivity index (χ0) is 18.2. The van der Waals surface area contributed by atoms with Crippen LogP contribution in [-0.2, 0) is 14.2 Å². The van der Waals surface area contributed by atoms with E-state index >= 15 is 0 Å². The van der Waals surface area contributed by atoms with Gasteiger partial charge in [0, 0.05) is 7.11 Å². The van der Waals surface area contributed by atoms with Gasteiger partial charge in [-0.2, -0.15) is 13.2 Å². The number of benzene rings is 1. The predicted octanol–water partition coefficient (Wildman–Crippen LogP) is 3.94. The molecule has 9 heteroatoms. The molecule has 1 atom stereocenters. The highest BCUT2D eigenvalue weighted by Crippen LogP contribution is 2.33. The normalized spacial score (nSPS) is 15.0. The zero-order valence-electron chi connectivity index (χ0n) is 12.8. The summed E-state index contributed by atoms with van der Waals surface area (Å²) in [4.78, 5) is 0. The number of aliphatic hydroxyl groups is 1. The molecule has 24 heavy (non-hydrogen) atoms. The highest BCUT2D eigenvalue weighted by Gasteiger charge is 2.52. The van der Waals surface area contributed by atoms with Gasteiger partial charge in [-0.3, -0.25) is 0 Å². The largest absolute Gasteiger partial charge is 0.423 e. The van der Waals surface area contributed by atoms with Crippen molar-refractivity contribution in [2.45, 2.75) is 11.8 Å². The van der Waals surface area contributed by atoms with E-state index in [0.29, 0.717) is 11.6 Å². The van der Waals surface area contributed by atoms with Crippen molar-refractivity contribution < 1.29 is 32.5 Å². The highest BCUT2D eigenvalue weighted by molar-refractivity contribution is 6.42. The Labute approximate surface area is 147 Å². The Kier molecular flexibility index (Phi) is 8.49. The minimum atomic E-state index is -4.92.